The van der Waals surface area contributed by atoms with Crippen LogP contribution < -0.4 is 14.8 Å². The van der Waals surface area contributed by atoms with Gasteiger partial charge in [-0.2, -0.15) is 0 Å². The molecule has 120 valence electrons. The highest BCUT2D eigenvalue weighted by molar-refractivity contribution is 5.44. The molecule has 5 nitrogen and oxygen atoms in total. The van der Waals surface area contributed by atoms with Crippen LogP contribution in [0.3, 0.4) is 0 Å². The van der Waals surface area contributed by atoms with E-state index in [1.165, 1.54) is 44.6 Å². The van der Waals surface area contributed by atoms with Gasteiger partial charge in [-0.1, -0.05) is 6.07 Å². The number of piperazine rings is 1. The minimum atomic E-state index is 0.354. The van der Waals surface area contributed by atoms with Crippen molar-refractivity contribution in [2.24, 2.45) is 0 Å². The molecular formula is C17H25N3O2. The first kappa shape index (κ1) is 14.3. The van der Waals surface area contributed by atoms with Gasteiger partial charge in [0.05, 0.1) is 0 Å². The predicted molar refractivity (Wildman–Crippen MR) is 85.3 cm³/mol. The average molecular weight is 303 g/mol. The first-order valence-electron chi connectivity index (χ1n) is 8.43. The zero-order valence-corrected chi connectivity index (χ0v) is 13.1. The Balaban J connectivity index is 1.27. The van der Waals surface area contributed by atoms with E-state index in [4.69, 9.17) is 9.47 Å². The Morgan fingerprint density at radius 3 is 2.68 bits per heavy atom. The molecule has 2 fully saturated rings. The van der Waals surface area contributed by atoms with Gasteiger partial charge in [-0.05, 0) is 37.1 Å². The number of rotatable bonds is 4. The Bertz CT molecular complexity index is 509. The van der Waals surface area contributed by atoms with Crippen LogP contribution in [0.25, 0.3) is 0 Å². The smallest absolute Gasteiger partial charge is 0.231 e. The monoisotopic (exact) mass is 303 g/mol. The van der Waals surface area contributed by atoms with Crippen LogP contribution in [0, 0.1) is 0 Å². The first-order chi connectivity index (χ1) is 10.9. The largest absolute Gasteiger partial charge is 0.454 e. The van der Waals surface area contributed by atoms with Gasteiger partial charge in [0.15, 0.2) is 11.5 Å². The lowest BCUT2D eigenvalue weighted by atomic mass is 10.1. The number of fused-ring (bicyclic) bond motifs is 1. The fourth-order valence-electron chi connectivity index (χ4n) is 3.65. The molecule has 0 unspecified atom stereocenters. The molecule has 5 heteroatoms. The molecule has 1 atom stereocenters. The van der Waals surface area contributed by atoms with E-state index in [1.807, 2.05) is 6.07 Å². The lowest BCUT2D eigenvalue weighted by molar-refractivity contribution is 0.120. The molecule has 1 aromatic rings. The van der Waals surface area contributed by atoms with Crippen LogP contribution in [-0.2, 0) is 6.54 Å². The summed E-state index contributed by atoms with van der Waals surface area (Å²) in [6, 6.07) is 7.03. The Kier molecular flexibility index (Phi) is 4.19. The van der Waals surface area contributed by atoms with Crippen molar-refractivity contribution in [1.29, 1.82) is 0 Å². The van der Waals surface area contributed by atoms with Gasteiger partial charge in [0.1, 0.15) is 0 Å². The summed E-state index contributed by atoms with van der Waals surface area (Å²) in [5.41, 5.74) is 1.31. The van der Waals surface area contributed by atoms with E-state index in [1.54, 1.807) is 0 Å². The summed E-state index contributed by atoms with van der Waals surface area (Å²) in [6.07, 6.45) is 2.69. The fourth-order valence-corrected chi connectivity index (χ4v) is 3.65. The topological polar surface area (TPSA) is 37.0 Å². The summed E-state index contributed by atoms with van der Waals surface area (Å²) < 4.78 is 10.8. The molecule has 0 spiro atoms. The molecule has 0 amide bonds. The third kappa shape index (κ3) is 3.21. The quantitative estimate of drug-likeness (QED) is 0.907. The average Bonchev–Trinajstić information content (AvgIpc) is 3.20. The Labute approximate surface area is 132 Å². The van der Waals surface area contributed by atoms with Gasteiger partial charge in [0.2, 0.25) is 6.79 Å². The lowest BCUT2D eigenvalue weighted by Gasteiger charge is -2.36. The number of nitrogens with zero attached hydrogens (tertiary/aromatic N) is 2. The van der Waals surface area contributed by atoms with Crippen molar-refractivity contribution in [1.82, 2.24) is 15.1 Å². The normalized spacial score (nSPS) is 25.7. The maximum atomic E-state index is 5.46. The van der Waals surface area contributed by atoms with E-state index < -0.39 is 0 Å². The summed E-state index contributed by atoms with van der Waals surface area (Å²) in [6.45, 7) is 8.46. The summed E-state index contributed by atoms with van der Waals surface area (Å²) in [4.78, 5) is 5.15. The molecule has 1 aromatic carbocycles. The number of benzene rings is 1. The molecule has 3 heterocycles. The molecule has 4 rings (SSSR count). The van der Waals surface area contributed by atoms with Gasteiger partial charge < -0.3 is 14.8 Å². The van der Waals surface area contributed by atoms with Crippen molar-refractivity contribution in [2.45, 2.75) is 25.4 Å². The Morgan fingerprint density at radius 1 is 1.05 bits per heavy atom. The van der Waals surface area contributed by atoms with Crippen molar-refractivity contribution < 1.29 is 9.47 Å². The van der Waals surface area contributed by atoms with Crippen LogP contribution in [0.1, 0.15) is 18.4 Å². The summed E-state index contributed by atoms with van der Waals surface area (Å²) >= 11 is 0. The minimum Gasteiger partial charge on any atom is -0.454 e. The van der Waals surface area contributed by atoms with E-state index in [-0.39, 0.29) is 0 Å². The standard InChI is InChI=1S/C17H25N3O2/c1-2-15(18-5-1)12-20-8-6-19(7-9-20)11-14-3-4-16-17(10-14)22-13-21-16/h3-4,10,15,18H,1-2,5-9,11-13H2/t15-/m0/s1. The molecule has 2 saturated heterocycles. The van der Waals surface area contributed by atoms with Gasteiger partial charge in [0.25, 0.3) is 0 Å². The van der Waals surface area contributed by atoms with Crippen molar-refractivity contribution in [3.8, 4) is 11.5 Å². The zero-order valence-electron chi connectivity index (χ0n) is 13.1. The summed E-state index contributed by atoms with van der Waals surface area (Å²) in [5.74, 6) is 1.76. The minimum absolute atomic E-state index is 0.354. The first-order valence-corrected chi connectivity index (χ1v) is 8.43. The molecular weight excluding hydrogens is 278 g/mol. The second-order valence-corrected chi connectivity index (χ2v) is 6.56. The van der Waals surface area contributed by atoms with Gasteiger partial charge in [-0.15, -0.1) is 0 Å². The molecule has 0 saturated carbocycles. The molecule has 1 N–H and O–H groups in total. The number of hydrogen-bond donors (Lipinski definition) is 1. The SMILES string of the molecule is c1cc2c(cc1CN1CCN(C[C@@H]3CCCN3)CC1)OCO2. The van der Waals surface area contributed by atoms with Gasteiger partial charge in [-0.3, -0.25) is 9.80 Å². The van der Waals surface area contributed by atoms with Crippen LogP contribution in [-0.4, -0.2) is 61.9 Å². The van der Waals surface area contributed by atoms with Crippen molar-refractivity contribution >= 4 is 0 Å². The molecule has 0 bridgehead atoms. The Hall–Kier alpha value is -1.30. The second-order valence-electron chi connectivity index (χ2n) is 6.56. The van der Waals surface area contributed by atoms with E-state index in [0.717, 1.165) is 37.2 Å². The number of ether oxygens (including phenoxy) is 2. The third-order valence-electron chi connectivity index (χ3n) is 4.95. The molecule has 3 aliphatic heterocycles. The van der Waals surface area contributed by atoms with Gasteiger partial charge >= 0.3 is 0 Å². The Morgan fingerprint density at radius 2 is 1.86 bits per heavy atom. The maximum absolute atomic E-state index is 5.46. The molecule has 0 aliphatic carbocycles. The van der Waals surface area contributed by atoms with E-state index in [9.17, 15) is 0 Å². The van der Waals surface area contributed by atoms with E-state index in [2.05, 4.69) is 27.2 Å². The number of hydrogen-bond acceptors (Lipinski definition) is 5. The van der Waals surface area contributed by atoms with E-state index in [0.29, 0.717) is 6.79 Å². The zero-order chi connectivity index (χ0) is 14.8. The number of nitrogens with one attached hydrogen (secondary N) is 1. The molecule has 0 aromatic heterocycles. The van der Waals surface area contributed by atoms with Crippen molar-refractivity contribution in [3.05, 3.63) is 23.8 Å². The molecule has 3 aliphatic rings. The van der Waals surface area contributed by atoms with Crippen LogP contribution >= 0.6 is 0 Å². The van der Waals surface area contributed by atoms with Crippen LogP contribution in [0.2, 0.25) is 0 Å². The van der Waals surface area contributed by atoms with Crippen LogP contribution in [0.4, 0.5) is 0 Å². The summed E-state index contributed by atoms with van der Waals surface area (Å²) in [7, 11) is 0. The van der Waals surface area contributed by atoms with Crippen LogP contribution in [0.5, 0.6) is 11.5 Å². The predicted octanol–water partition coefficient (Wildman–Crippen LogP) is 1.28. The highest BCUT2D eigenvalue weighted by atomic mass is 16.7. The van der Waals surface area contributed by atoms with Gasteiger partial charge in [-0.25, -0.2) is 0 Å². The highest BCUT2D eigenvalue weighted by Gasteiger charge is 2.22. The molecule has 0 radical (unpaired) electrons. The second kappa shape index (κ2) is 6.44. The van der Waals surface area contributed by atoms with Gasteiger partial charge in [0, 0.05) is 45.3 Å². The highest BCUT2D eigenvalue weighted by Crippen LogP contribution is 2.32. The van der Waals surface area contributed by atoms with E-state index >= 15 is 0 Å². The van der Waals surface area contributed by atoms with Crippen LogP contribution in [0.15, 0.2) is 18.2 Å². The lowest BCUT2D eigenvalue weighted by Crippen LogP contribution is -2.49. The van der Waals surface area contributed by atoms with Crippen molar-refractivity contribution in [3.63, 3.8) is 0 Å². The summed E-state index contributed by atoms with van der Waals surface area (Å²) in [5, 5.41) is 3.60. The maximum Gasteiger partial charge on any atom is 0.231 e. The third-order valence-corrected chi connectivity index (χ3v) is 4.95. The molecule has 22 heavy (non-hydrogen) atoms. The van der Waals surface area contributed by atoms with Crippen molar-refractivity contribution in [2.75, 3.05) is 46.1 Å². The fraction of sp³-hybridized carbons (Fsp3) is 0.647.